The highest BCUT2D eigenvalue weighted by Crippen LogP contribution is 2.40. The molecule has 10 aromatic rings. The number of aliphatic hydroxyl groups is 1. The lowest BCUT2D eigenvalue weighted by Gasteiger charge is -2.32. The molecule has 0 radical (unpaired) electrons. The van der Waals surface area contributed by atoms with Crippen LogP contribution in [0.1, 0.15) is 18.5 Å². The van der Waals surface area contributed by atoms with Crippen LogP contribution in [-0.2, 0) is 19.6 Å². The number of rotatable bonds is 15. The largest absolute Gasteiger partial charge is 0.391 e. The minimum Gasteiger partial charge on any atom is -0.391 e. The molecule has 0 spiro atoms. The number of aromatic amines is 1. The Morgan fingerprint density at radius 1 is 0.462 bits per heavy atom. The smallest absolute Gasteiger partial charge is 0.184 e. The molecule has 7 aromatic heterocycles. The summed E-state index contributed by atoms with van der Waals surface area (Å²) in [6.45, 7) is 19.2. The van der Waals surface area contributed by atoms with Crippen LogP contribution in [0.15, 0.2) is 114 Å². The first-order valence-corrected chi connectivity index (χ1v) is 32.5. The summed E-state index contributed by atoms with van der Waals surface area (Å²) in [6.07, 6.45) is 6.89. The average molecular weight is 1290 g/mol. The van der Waals surface area contributed by atoms with Crippen molar-refractivity contribution in [2.75, 3.05) is 137 Å². The van der Waals surface area contributed by atoms with Crippen LogP contribution in [0.5, 0.6) is 0 Å². The van der Waals surface area contributed by atoms with Gasteiger partial charge in [0.05, 0.1) is 68.4 Å². The Kier molecular flexibility index (Phi) is 19.4. The molecule has 0 unspecified atom stereocenters. The lowest BCUT2D eigenvalue weighted by atomic mass is 10.1. The third-order valence-electron chi connectivity index (χ3n) is 17.7. The summed E-state index contributed by atoms with van der Waals surface area (Å²) >= 11 is 20.7. The molecule has 0 aliphatic carbocycles. The van der Waals surface area contributed by atoms with Crippen LogP contribution in [0.4, 0.5) is 5.82 Å². The van der Waals surface area contributed by atoms with Crippen molar-refractivity contribution in [3.8, 4) is 45.2 Å². The molecular formula is C65H75Cl3N22O. The van der Waals surface area contributed by atoms with E-state index in [4.69, 9.17) is 50.1 Å². The average Bonchev–Trinajstić information content (AvgIpc) is 1.69. The van der Waals surface area contributed by atoms with E-state index >= 15 is 0 Å². The van der Waals surface area contributed by atoms with Gasteiger partial charge >= 0.3 is 0 Å². The number of hydrogen-bond donors (Lipinski definition) is 2. The molecule has 0 amide bonds. The van der Waals surface area contributed by atoms with Gasteiger partial charge in [-0.05, 0) is 33.6 Å². The van der Waals surface area contributed by atoms with Crippen molar-refractivity contribution in [2.24, 2.45) is 4.99 Å². The first-order chi connectivity index (χ1) is 44.5. The van der Waals surface area contributed by atoms with E-state index in [9.17, 15) is 5.11 Å². The van der Waals surface area contributed by atoms with Crippen LogP contribution in [0.25, 0.3) is 84.0 Å². The molecule has 472 valence electrons. The van der Waals surface area contributed by atoms with Gasteiger partial charge in [-0.2, -0.15) is 20.4 Å². The predicted octanol–water partition coefficient (Wildman–Crippen LogP) is 7.96. The van der Waals surface area contributed by atoms with Gasteiger partial charge in [-0.25, -0.2) is 14.0 Å². The zero-order chi connectivity index (χ0) is 62.4. The highest BCUT2D eigenvalue weighted by molar-refractivity contribution is 6.39. The third kappa shape index (κ3) is 13.9. The number of allylic oxidation sites excluding steroid dienone is 1. The van der Waals surface area contributed by atoms with Crippen molar-refractivity contribution < 1.29 is 5.11 Å². The van der Waals surface area contributed by atoms with Gasteiger partial charge in [0.25, 0.3) is 0 Å². The van der Waals surface area contributed by atoms with Gasteiger partial charge < -0.3 is 24.7 Å². The molecule has 4 saturated heterocycles. The summed E-state index contributed by atoms with van der Waals surface area (Å²) in [5, 5.41) is 63.0. The van der Waals surface area contributed by atoms with E-state index < -0.39 is 0 Å². The topological polar surface area (TPSA) is 215 Å². The van der Waals surface area contributed by atoms with Gasteiger partial charge in [-0.15, -0.1) is 30.6 Å². The normalized spacial score (nSPS) is 18.1. The maximum Gasteiger partial charge on any atom is 0.184 e. The summed E-state index contributed by atoms with van der Waals surface area (Å²) in [7, 11) is 6.50. The van der Waals surface area contributed by atoms with E-state index in [1.807, 2.05) is 117 Å². The van der Waals surface area contributed by atoms with Gasteiger partial charge in [0, 0.05) is 147 Å². The second-order valence-electron chi connectivity index (χ2n) is 23.9. The first-order valence-electron chi connectivity index (χ1n) is 31.3. The summed E-state index contributed by atoms with van der Waals surface area (Å²) in [6, 6.07) is 31.5. The second kappa shape index (κ2) is 28.5. The van der Waals surface area contributed by atoms with E-state index in [-0.39, 0.29) is 6.10 Å². The number of β-amino-alcohol motifs (C(OH)–C–C–N with tert-alkyl or cyclic N) is 1. The molecule has 0 bridgehead atoms. The van der Waals surface area contributed by atoms with Gasteiger partial charge in [-0.1, -0.05) is 132 Å². The predicted molar refractivity (Wildman–Crippen MR) is 361 cm³/mol. The van der Waals surface area contributed by atoms with E-state index in [0.29, 0.717) is 55.6 Å². The Hall–Kier alpha value is -7.68. The third-order valence-corrected chi connectivity index (χ3v) is 18.8. The molecule has 5 aliphatic rings. The number of anilines is 1. The number of aliphatic hydroxyl groups excluding tert-OH is 1. The fourth-order valence-electron chi connectivity index (χ4n) is 12.2. The van der Waals surface area contributed by atoms with Gasteiger partial charge in [-0.3, -0.25) is 24.8 Å². The number of piperazine rings is 3. The number of benzene rings is 3. The van der Waals surface area contributed by atoms with Crippen LogP contribution in [0.3, 0.4) is 0 Å². The Balaban J connectivity index is 0.000000125. The van der Waals surface area contributed by atoms with Crippen molar-refractivity contribution in [3.05, 3.63) is 130 Å². The summed E-state index contributed by atoms with van der Waals surface area (Å²) < 4.78 is 5.78. The summed E-state index contributed by atoms with van der Waals surface area (Å²) in [4.78, 5) is 21.1. The van der Waals surface area contributed by atoms with E-state index in [1.54, 1.807) is 6.20 Å². The Labute approximate surface area is 543 Å². The Morgan fingerprint density at radius 3 is 1.29 bits per heavy atom. The molecule has 4 fully saturated rings. The number of likely N-dealkylation sites (N-methyl/N-ethyl adjacent to an activating group) is 3. The lowest BCUT2D eigenvalue weighted by Crippen LogP contribution is -2.45. The lowest BCUT2D eigenvalue weighted by molar-refractivity contribution is 0.149. The zero-order valence-corrected chi connectivity index (χ0v) is 53.8. The van der Waals surface area contributed by atoms with Crippen LogP contribution in [-0.4, -0.2) is 249 Å². The Bertz CT molecular complexity index is 4140. The van der Waals surface area contributed by atoms with Crippen molar-refractivity contribution >= 4 is 85.6 Å². The van der Waals surface area contributed by atoms with Gasteiger partial charge in [0.2, 0.25) is 0 Å². The van der Waals surface area contributed by atoms with E-state index in [1.165, 1.54) is 0 Å². The SMILES string of the molecule is CN1CCN(CCn2nc(-c3ccn[nH]3)c3c(Cl)c(-c4ccccc4)nnc32)CC1.CN1CCN(CCn2nc(C3=CCC=N3)c3c(Cl)c(-c4ccccc4)nnc32)CC1.CN1CCN(CCn2nc(N3CC[C@@H](O)C3)c3c(Cl)c(-c4ccccc4)nnc32)CC1. The number of halogens is 3. The molecule has 3 aromatic carbocycles. The number of aromatic nitrogens is 14. The molecule has 15 rings (SSSR count). The molecule has 91 heavy (non-hydrogen) atoms. The van der Waals surface area contributed by atoms with E-state index in [0.717, 1.165) is 199 Å². The van der Waals surface area contributed by atoms with Gasteiger partial charge in [0.1, 0.15) is 28.5 Å². The standard InChI is InChI=1S/C22H28ClN7O.C22H24ClN7.C21H23ClN8/c1-27-9-11-28(12-10-27)13-14-30-21-18(22(26-30)29-8-7-17(31)15-29)19(23)20(24-25-21)16-5-3-2-4-6-16;1-28-10-12-29(13-11-28)14-15-30-22-18(21(27-30)17-8-5-9-24-17)19(23)20(25-26-22)16-6-3-2-4-7-16;1-28-9-11-29(12-10-28)13-14-30-21-17(20(27-30)16-7-8-23-24-16)18(22)19(25-26-21)15-5-3-2-4-6-15/h2-6,17,31H,7-15H2,1H3;2-4,6-9H,5,10-15H2,1H3;2-8H,9-14H2,1H3,(H,23,24)/t17-;;/m1../s1. The molecule has 5 aliphatic heterocycles. The van der Waals surface area contributed by atoms with Gasteiger partial charge in [0.15, 0.2) is 22.8 Å². The molecule has 2 N–H and O–H groups in total. The number of nitrogens with zero attached hydrogens (tertiary/aromatic N) is 21. The monoisotopic (exact) mass is 1280 g/mol. The molecule has 23 nitrogen and oxygen atoms in total. The highest BCUT2D eigenvalue weighted by atomic mass is 35.5. The number of nitrogens with one attached hydrogen (secondary N) is 1. The summed E-state index contributed by atoms with van der Waals surface area (Å²) in [5.41, 5.74) is 10.1. The van der Waals surface area contributed by atoms with Crippen LogP contribution in [0, 0.1) is 0 Å². The molecule has 12 heterocycles. The van der Waals surface area contributed by atoms with Crippen LogP contribution >= 0.6 is 34.8 Å². The molecule has 0 saturated carbocycles. The molecule has 1 atom stereocenters. The first kappa shape index (κ1) is 62.1. The summed E-state index contributed by atoms with van der Waals surface area (Å²) in [5.74, 6) is 0.794. The van der Waals surface area contributed by atoms with Crippen molar-refractivity contribution in [3.63, 3.8) is 0 Å². The molecular weight excluding hydrogens is 1210 g/mol. The second-order valence-corrected chi connectivity index (χ2v) is 25.0. The minimum absolute atomic E-state index is 0.340. The number of aliphatic imine (C=N–C) groups is 1. The Morgan fingerprint density at radius 2 is 0.879 bits per heavy atom. The quantitative estimate of drug-likeness (QED) is 0.0996. The van der Waals surface area contributed by atoms with Crippen LogP contribution in [0.2, 0.25) is 15.1 Å². The van der Waals surface area contributed by atoms with Crippen molar-refractivity contribution in [1.82, 2.24) is 99.5 Å². The van der Waals surface area contributed by atoms with E-state index in [2.05, 4.69) is 107 Å². The van der Waals surface area contributed by atoms with Crippen molar-refractivity contribution in [1.29, 1.82) is 0 Å². The number of fused-ring (bicyclic) bond motifs is 3. The fraction of sp³-hybridized carbons (Fsp3) is 0.400. The number of hydrogen-bond acceptors (Lipinski definition) is 19. The fourth-order valence-corrected chi connectivity index (χ4v) is 13.2. The highest BCUT2D eigenvalue weighted by Gasteiger charge is 2.30. The van der Waals surface area contributed by atoms with Crippen LogP contribution < -0.4 is 4.90 Å². The maximum atomic E-state index is 10.1. The van der Waals surface area contributed by atoms with Crippen molar-refractivity contribution in [2.45, 2.75) is 38.6 Å². The molecule has 26 heteroatoms. The minimum atomic E-state index is -0.340. The number of H-pyrrole nitrogens is 1. The maximum absolute atomic E-state index is 10.1. The zero-order valence-electron chi connectivity index (χ0n) is 51.6.